The maximum Gasteiger partial charge on any atom is 0.0144 e. The first kappa shape index (κ1) is 11.0. The Morgan fingerprint density at radius 3 is 3.06 bits per heavy atom. The molecular weight excluding hydrogens is 220 g/mol. The summed E-state index contributed by atoms with van der Waals surface area (Å²) >= 11 is 0. The van der Waals surface area contributed by atoms with Gasteiger partial charge in [0.05, 0.1) is 0 Å². The molecule has 0 radical (unpaired) electrons. The Balaban J connectivity index is 1.89. The molecule has 1 aliphatic heterocycles. The van der Waals surface area contributed by atoms with Crippen LogP contribution >= 0.6 is 0 Å². The van der Waals surface area contributed by atoms with Crippen LogP contribution in [0.15, 0.2) is 24.3 Å². The molecule has 4 rings (SSSR count). The first-order valence-electron chi connectivity index (χ1n) is 7.37. The Kier molecular flexibility index (Phi) is 2.33. The third-order valence-corrected chi connectivity index (χ3v) is 5.64. The molecule has 3 N–H and O–H groups in total. The van der Waals surface area contributed by atoms with Gasteiger partial charge in [0, 0.05) is 17.5 Å². The van der Waals surface area contributed by atoms with Crippen molar-refractivity contribution in [2.75, 3.05) is 6.54 Å². The second-order valence-corrected chi connectivity index (χ2v) is 6.48. The van der Waals surface area contributed by atoms with E-state index in [9.17, 15) is 0 Å². The van der Waals surface area contributed by atoms with Crippen LogP contribution in [0.5, 0.6) is 0 Å². The predicted octanol–water partition coefficient (Wildman–Crippen LogP) is 1.97. The minimum Gasteiger partial charge on any atom is -0.328 e. The smallest absolute Gasteiger partial charge is 0.0144 e. The second-order valence-electron chi connectivity index (χ2n) is 6.48. The second kappa shape index (κ2) is 3.82. The molecule has 2 heteroatoms. The van der Waals surface area contributed by atoms with Crippen LogP contribution in [0.4, 0.5) is 0 Å². The number of piperidine rings is 1. The predicted molar refractivity (Wildman–Crippen MR) is 73.5 cm³/mol. The van der Waals surface area contributed by atoms with Crippen LogP contribution in [0.3, 0.4) is 0 Å². The Hall–Kier alpha value is -0.860. The van der Waals surface area contributed by atoms with E-state index >= 15 is 0 Å². The molecule has 96 valence electrons. The molecule has 4 atom stereocenters. The molecule has 0 spiro atoms. The first-order chi connectivity index (χ1) is 8.79. The van der Waals surface area contributed by atoms with E-state index in [1.807, 2.05) is 0 Å². The zero-order valence-corrected chi connectivity index (χ0v) is 10.9. The van der Waals surface area contributed by atoms with Crippen molar-refractivity contribution in [3.05, 3.63) is 35.4 Å². The van der Waals surface area contributed by atoms with Crippen LogP contribution in [0.1, 0.15) is 36.8 Å². The summed E-state index contributed by atoms with van der Waals surface area (Å²) in [6.45, 7) is 1.17. The van der Waals surface area contributed by atoms with Crippen molar-refractivity contribution < 1.29 is 0 Å². The highest BCUT2D eigenvalue weighted by Gasteiger charge is 2.52. The van der Waals surface area contributed by atoms with Crippen molar-refractivity contribution in [2.45, 2.75) is 49.6 Å². The summed E-state index contributed by atoms with van der Waals surface area (Å²) in [6, 6.07) is 10.2. The van der Waals surface area contributed by atoms with Gasteiger partial charge in [0.15, 0.2) is 0 Å². The summed E-state index contributed by atoms with van der Waals surface area (Å²) in [5, 5.41) is 3.76. The standard InChI is InChI=1S/C16H22N2/c17-12-5-6-14-15-9-11-3-1-2-4-13(11)16(14,10-12)7-8-18-15/h1-4,12,14-15,18H,5-10,17H2/t12?,14-,15+,16+/m0/s1. The molecule has 2 aliphatic carbocycles. The van der Waals surface area contributed by atoms with Crippen LogP contribution in [0.25, 0.3) is 0 Å². The van der Waals surface area contributed by atoms with Crippen molar-refractivity contribution in [2.24, 2.45) is 11.7 Å². The SMILES string of the molecule is NC1CC[C@H]2[C@H]3Cc4ccccc4[C@@]2(CCN3)C1. The zero-order chi connectivity index (χ0) is 12.2. The molecule has 1 unspecified atom stereocenters. The van der Waals surface area contributed by atoms with E-state index in [4.69, 9.17) is 5.73 Å². The molecule has 1 saturated carbocycles. The van der Waals surface area contributed by atoms with Gasteiger partial charge in [-0.3, -0.25) is 0 Å². The number of rotatable bonds is 0. The van der Waals surface area contributed by atoms with Gasteiger partial charge in [0.2, 0.25) is 0 Å². The van der Waals surface area contributed by atoms with E-state index in [1.54, 1.807) is 11.1 Å². The van der Waals surface area contributed by atoms with E-state index < -0.39 is 0 Å². The highest BCUT2D eigenvalue weighted by atomic mass is 15.0. The van der Waals surface area contributed by atoms with Crippen LogP contribution in [-0.2, 0) is 11.8 Å². The van der Waals surface area contributed by atoms with Gasteiger partial charge in [0.1, 0.15) is 0 Å². The lowest BCUT2D eigenvalue weighted by Crippen LogP contribution is -2.61. The monoisotopic (exact) mass is 242 g/mol. The van der Waals surface area contributed by atoms with Gasteiger partial charge in [0.25, 0.3) is 0 Å². The van der Waals surface area contributed by atoms with E-state index in [0.717, 1.165) is 5.92 Å². The Morgan fingerprint density at radius 2 is 2.11 bits per heavy atom. The Morgan fingerprint density at radius 1 is 1.22 bits per heavy atom. The summed E-state index contributed by atoms with van der Waals surface area (Å²) in [7, 11) is 0. The fourth-order valence-electron chi connectivity index (χ4n) is 4.97. The molecule has 1 saturated heterocycles. The number of nitrogens with one attached hydrogen (secondary N) is 1. The minimum atomic E-state index is 0.391. The number of hydrogen-bond donors (Lipinski definition) is 2. The molecule has 18 heavy (non-hydrogen) atoms. The molecule has 1 aromatic carbocycles. The lowest BCUT2D eigenvalue weighted by molar-refractivity contribution is 0.0705. The maximum atomic E-state index is 6.31. The molecular formula is C16H22N2. The van der Waals surface area contributed by atoms with Crippen molar-refractivity contribution in [1.82, 2.24) is 5.32 Å². The summed E-state index contributed by atoms with van der Waals surface area (Å²) in [5.74, 6) is 0.820. The van der Waals surface area contributed by atoms with Gasteiger partial charge in [-0.05, 0) is 55.7 Å². The number of benzene rings is 1. The van der Waals surface area contributed by atoms with E-state index in [1.165, 1.54) is 38.6 Å². The van der Waals surface area contributed by atoms with Gasteiger partial charge in [-0.25, -0.2) is 0 Å². The van der Waals surface area contributed by atoms with Crippen LogP contribution in [-0.4, -0.2) is 18.6 Å². The summed E-state index contributed by atoms with van der Waals surface area (Å²) in [5.41, 5.74) is 9.90. The van der Waals surface area contributed by atoms with E-state index in [0.29, 0.717) is 17.5 Å². The summed E-state index contributed by atoms with van der Waals surface area (Å²) in [6.07, 6.45) is 6.23. The van der Waals surface area contributed by atoms with Gasteiger partial charge in [-0.1, -0.05) is 24.3 Å². The fourth-order valence-corrected chi connectivity index (χ4v) is 4.97. The third-order valence-electron chi connectivity index (χ3n) is 5.64. The van der Waals surface area contributed by atoms with Crippen molar-refractivity contribution in [1.29, 1.82) is 0 Å². The van der Waals surface area contributed by atoms with Gasteiger partial charge in [-0.15, -0.1) is 0 Å². The molecule has 1 heterocycles. The van der Waals surface area contributed by atoms with Gasteiger partial charge in [-0.2, -0.15) is 0 Å². The van der Waals surface area contributed by atoms with Crippen molar-refractivity contribution in [3.8, 4) is 0 Å². The highest BCUT2D eigenvalue weighted by molar-refractivity contribution is 5.41. The Labute approximate surface area is 109 Å². The molecule has 0 amide bonds. The van der Waals surface area contributed by atoms with Crippen molar-refractivity contribution in [3.63, 3.8) is 0 Å². The lowest BCUT2D eigenvalue weighted by Gasteiger charge is -2.57. The average molecular weight is 242 g/mol. The largest absolute Gasteiger partial charge is 0.328 e. The molecule has 3 aliphatic rings. The zero-order valence-electron chi connectivity index (χ0n) is 10.9. The van der Waals surface area contributed by atoms with Gasteiger partial charge < -0.3 is 11.1 Å². The Bertz CT molecular complexity index is 470. The first-order valence-corrected chi connectivity index (χ1v) is 7.37. The summed E-state index contributed by atoms with van der Waals surface area (Å²) in [4.78, 5) is 0. The molecule has 2 fully saturated rings. The van der Waals surface area contributed by atoms with E-state index in [2.05, 4.69) is 29.6 Å². The third kappa shape index (κ3) is 1.36. The summed E-state index contributed by atoms with van der Waals surface area (Å²) < 4.78 is 0. The average Bonchev–Trinajstić information content (AvgIpc) is 2.38. The number of fused-ring (bicyclic) bond motifs is 1. The lowest BCUT2D eigenvalue weighted by atomic mass is 9.52. The maximum absolute atomic E-state index is 6.31. The number of hydrogen-bond acceptors (Lipinski definition) is 2. The molecule has 2 nitrogen and oxygen atoms in total. The van der Waals surface area contributed by atoms with E-state index in [-0.39, 0.29) is 0 Å². The minimum absolute atomic E-state index is 0.391. The van der Waals surface area contributed by atoms with Crippen molar-refractivity contribution >= 4 is 0 Å². The van der Waals surface area contributed by atoms with Crippen LogP contribution in [0, 0.1) is 5.92 Å². The van der Waals surface area contributed by atoms with Crippen LogP contribution in [0.2, 0.25) is 0 Å². The highest BCUT2D eigenvalue weighted by Crippen LogP contribution is 2.53. The molecule has 2 bridgehead atoms. The topological polar surface area (TPSA) is 38.0 Å². The molecule has 0 aromatic heterocycles. The quantitative estimate of drug-likeness (QED) is 0.730. The van der Waals surface area contributed by atoms with Crippen LogP contribution < -0.4 is 11.1 Å². The fraction of sp³-hybridized carbons (Fsp3) is 0.625. The van der Waals surface area contributed by atoms with Gasteiger partial charge >= 0.3 is 0 Å². The molecule has 1 aromatic rings. The normalized spacial score (nSPS) is 41.9. The number of nitrogens with two attached hydrogens (primary N) is 1.